The Balaban J connectivity index is 1.68. The number of piperazine rings is 1. The SMILES string of the molecule is CC(C)c1nc(N2CCN(c3ccncc3)CC2)sc1C(=O)NCC(N)C(=O)O. The van der Waals surface area contributed by atoms with Gasteiger partial charge >= 0.3 is 5.97 Å². The fourth-order valence-corrected chi connectivity index (χ4v) is 4.28. The van der Waals surface area contributed by atoms with Gasteiger partial charge in [0, 0.05) is 50.8 Å². The summed E-state index contributed by atoms with van der Waals surface area (Å²) in [6.07, 6.45) is 3.58. The van der Waals surface area contributed by atoms with E-state index >= 15 is 0 Å². The van der Waals surface area contributed by atoms with Crippen molar-refractivity contribution in [1.29, 1.82) is 0 Å². The Labute approximate surface area is 173 Å². The van der Waals surface area contributed by atoms with E-state index in [1.165, 1.54) is 11.3 Å². The number of hydrogen-bond acceptors (Lipinski definition) is 8. The van der Waals surface area contributed by atoms with Gasteiger partial charge in [-0.05, 0) is 18.1 Å². The molecule has 1 amide bonds. The maximum atomic E-state index is 12.6. The standard InChI is InChI=1S/C19H26N6O3S/c1-12(2)15-16(17(26)22-11-14(20)18(27)28)29-19(23-15)25-9-7-24(8-10-25)13-3-5-21-6-4-13/h3-6,12,14H,7-11,20H2,1-2H3,(H,22,26)(H,27,28). The molecule has 156 valence electrons. The topological polar surface area (TPSA) is 125 Å². The van der Waals surface area contributed by atoms with Crippen molar-refractivity contribution in [2.24, 2.45) is 5.73 Å². The first-order valence-electron chi connectivity index (χ1n) is 9.54. The molecule has 2 aromatic rings. The lowest BCUT2D eigenvalue weighted by molar-refractivity contribution is -0.138. The van der Waals surface area contributed by atoms with Crippen molar-refractivity contribution in [3.8, 4) is 0 Å². The fraction of sp³-hybridized carbons (Fsp3) is 0.474. The number of thiazole rings is 1. The molecule has 0 bridgehead atoms. The van der Waals surface area contributed by atoms with Crippen LogP contribution in [0.15, 0.2) is 24.5 Å². The highest BCUT2D eigenvalue weighted by molar-refractivity contribution is 7.17. The molecule has 0 saturated carbocycles. The van der Waals surface area contributed by atoms with Gasteiger partial charge in [-0.1, -0.05) is 25.2 Å². The molecule has 3 rings (SSSR count). The Morgan fingerprint density at radius 3 is 2.41 bits per heavy atom. The lowest BCUT2D eigenvalue weighted by Crippen LogP contribution is -2.46. The lowest BCUT2D eigenvalue weighted by Gasteiger charge is -2.35. The van der Waals surface area contributed by atoms with E-state index in [-0.39, 0.29) is 18.4 Å². The van der Waals surface area contributed by atoms with E-state index in [1.807, 2.05) is 26.0 Å². The molecule has 2 aromatic heterocycles. The number of nitrogens with zero attached hydrogens (tertiary/aromatic N) is 4. The molecule has 1 unspecified atom stereocenters. The summed E-state index contributed by atoms with van der Waals surface area (Å²) in [5.41, 5.74) is 7.36. The largest absolute Gasteiger partial charge is 0.480 e. The molecule has 1 aliphatic heterocycles. The molecule has 10 heteroatoms. The van der Waals surface area contributed by atoms with Crippen molar-refractivity contribution in [1.82, 2.24) is 15.3 Å². The summed E-state index contributed by atoms with van der Waals surface area (Å²) in [6, 6.07) is 2.87. The number of nitrogens with two attached hydrogens (primary N) is 1. The summed E-state index contributed by atoms with van der Waals surface area (Å²) < 4.78 is 0. The molecule has 0 aromatic carbocycles. The van der Waals surface area contributed by atoms with Crippen LogP contribution in [0.25, 0.3) is 0 Å². The smallest absolute Gasteiger partial charge is 0.322 e. The second-order valence-corrected chi connectivity index (χ2v) is 8.18. The van der Waals surface area contributed by atoms with E-state index in [2.05, 4.69) is 20.1 Å². The molecule has 1 fully saturated rings. The van der Waals surface area contributed by atoms with Gasteiger partial charge in [0.25, 0.3) is 5.91 Å². The maximum Gasteiger partial charge on any atom is 0.322 e. The van der Waals surface area contributed by atoms with E-state index in [1.54, 1.807) is 12.4 Å². The van der Waals surface area contributed by atoms with Crippen LogP contribution < -0.4 is 20.9 Å². The number of rotatable bonds is 7. The van der Waals surface area contributed by atoms with Crippen molar-refractivity contribution in [3.05, 3.63) is 35.1 Å². The van der Waals surface area contributed by atoms with Gasteiger partial charge in [0.15, 0.2) is 5.13 Å². The number of anilines is 2. The number of carbonyl (C=O) groups excluding carboxylic acids is 1. The van der Waals surface area contributed by atoms with Gasteiger partial charge in [-0.3, -0.25) is 14.6 Å². The number of nitrogens with one attached hydrogen (secondary N) is 1. The molecule has 29 heavy (non-hydrogen) atoms. The van der Waals surface area contributed by atoms with E-state index in [0.717, 1.165) is 42.7 Å². The molecule has 9 nitrogen and oxygen atoms in total. The Morgan fingerprint density at radius 1 is 1.21 bits per heavy atom. The van der Waals surface area contributed by atoms with Gasteiger partial charge in [0.1, 0.15) is 10.9 Å². The number of hydrogen-bond donors (Lipinski definition) is 3. The second-order valence-electron chi connectivity index (χ2n) is 7.20. The van der Waals surface area contributed by atoms with Crippen LogP contribution >= 0.6 is 11.3 Å². The molecule has 4 N–H and O–H groups in total. The first-order valence-corrected chi connectivity index (χ1v) is 10.4. The van der Waals surface area contributed by atoms with Crippen LogP contribution in [0.5, 0.6) is 0 Å². The number of amides is 1. The third-order valence-electron chi connectivity index (χ3n) is 4.77. The molecule has 0 radical (unpaired) electrons. The molecular formula is C19H26N6O3S. The van der Waals surface area contributed by atoms with Crippen LogP contribution in [-0.4, -0.2) is 65.7 Å². The average molecular weight is 419 g/mol. The number of carboxylic acids is 1. The third-order valence-corrected chi connectivity index (χ3v) is 5.90. The van der Waals surface area contributed by atoms with E-state index < -0.39 is 12.0 Å². The van der Waals surface area contributed by atoms with Crippen LogP contribution in [0.2, 0.25) is 0 Å². The third kappa shape index (κ3) is 5.01. The molecule has 1 atom stereocenters. The number of aliphatic carboxylic acids is 1. The maximum absolute atomic E-state index is 12.6. The Hall–Kier alpha value is -2.72. The first kappa shape index (κ1) is 21.0. The summed E-state index contributed by atoms with van der Waals surface area (Å²) >= 11 is 1.35. The highest BCUT2D eigenvalue weighted by Crippen LogP contribution is 2.31. The van der Waals surface area contributed by atoms with Crippen LogP contribution in [0, 0.1) is 0 Å². The minimum atomic E-state index is -1.15. The van der Waals surface area contributed by atoms with Gasteiger partial charge in [0.05, 0.1) is 5.69 Å². The number of pyridine rings is 1. The molecule has 0 spiro atoms. The second kappa shape index (κ2) is 9.19. The zero-order valence-electron chi connectivity index (χ0n) is 16.5. The van der Waals surface area contributed by atoms with Crippen LogP contribution in [0.4, 0.5) is 10.8 Å². The summed E-state index contributed by atoms with van der Waals surface area (Å²) in [4.78, 5) is 37.3. The zero-order chi connectivity index (χ0) is 21.0. The van der Waals surface area contributed by atoms with Crippen LogP contribution in [0.3, 0.4) is 0 Å². The minimum absolute atomic E-state index is 0.0759. The van der Waals surface area contributed by atoms with Crippen LogP contribution in [0.1, 0.15) is 35.1 Å². The Kier molecular flexibility index (Phi) is 6.65. The first-order chi connectivity index (χ1) is 13.9. The van der Waals surface area contributed by atoms with Gasteiger partial charge in [0.2, 0.25) is 0 Å². The summed E-state index contributed by atoms with van der Waals surface area (Å²) in [7, 11) is 0. The Morgan fingerprint density at radius 2 is 1.83 bits per heavy atom. The highest BCUT2D eigenvalue weighted by atomic mass is 32.1. The fourth-order valence-electron chi connectivity index (χ4n) is 3.09. The van der Waals surface area contributed by atoms with Crippen molar-refractivity contribution in [3.63, 3.8) is 0 Å². The van der Waals surface area contributed by atoms with E-state index in [4.69, 9.17) is 15.8 Å². The van der Waals surface area contributed by atoms with Gasteiger partial charge in [-0.25, -0.2) is 4.98 Å². The van der Waals surface area contributed by atoms with E-state index in [9.17, 15) is 9.59 Å². The average Bonchev–Trinajstić information content (AvgIpc) is 3.18. The summed E-state index contributed by atoms with van der Waals surface area (Å²) in [5, 5.41) is 12.3. The molecule has 1 aliphatic rings. The predicted octanol–water partition coefficient (Wildman–Crippen LogP) is 1.13. The predicted molar refractivity (Wildman–Crippen MR) is 113 cm³/mol. The number of aromatic nitrogens is 2. The van der Waals surface area contributed by atoms with Gasteiger partial charge < -0.3 is 26.0 Å². The van der Waals surface area contributed by atoms with Gasteiger partial charge in [-0.2, -0.15) is 0 Å². The van der Waals surface area contributed by atoms with Crippen molar-refractivity contribution >= 4 is 34.0 Å². The number of carboxylic acid groups (broad SMARTS) is 1. The Bertz CT molecular complexity index is 849. The highest BCUT2D eigenvalue weighted by Gasteiger charge is 2.26. The van der Waals surface area contributed by atoms with Crippen LogP contribution in [-0.2, 0) is 4.79 Å². The number of carbonyl (C=O) groups is 2. The lowest BCUT2D eigenvalue weighted by atomic mass is 10.1. The zero-order valence-corrected chi connectivity index (χ0v) is 17.4. The molecule has 3 heterocycles. The molecule has 0 aliphatic carbocycles. The van der Waals surface area contributed by atoms with Gasteiger partial charge in [-0.15, -0.1) is 0 Å². The van der Waals surface area contributed by atoms with Crippen molar-refractivity contribution in [2.75, 3.05) is 42.5 Å². The normalized spacial score (nSPS) is 15.4. The van der Waals surface area contributed by atoms with Crippen molar-refractivity contribution in [2.45, 2.75) is 25.8 Å². The molecule has 1 saturated heterocycles. The minimum Gasteiger partial charge on any atom is -0.480 e. The molecular weight excluding hydrogens is 392 g/mol. The van der Waals surface area contributed by atoms with E-state index in [0.29, 0.717) is 4.88 Å². The summed E-state index contributed by atoms with van der Waals surface area (Å²) in [5.74, 6) is -1.40. The summed E-state index contributed by atoms with van der Waals surface area (Å²) in [6.45, 7) is 7.17. The monoisotopic (exact) mass is 418 g/mol. The quantitative estimate of drug-likeness (QED) is 0.611. The van der Waals surface area contributed by atoms with Crippen molar-refractivity contribution < 1.29 is 14.7 Å².